The van der Waals surface area contributed by atoms with E-state index in [1.807, 2.05) is 0 Å². The van der Waals surface area contributed by atoms with Gasteiger partial charge in [-0.1, -0.05) is 13.3 Å². The minimum Gasteiger partial charge on any atom is -0.353 e. The number of rotatable bonds is 3. The van der Waals surface area contributed by atoms with Crippen molar-refractivity contribution in [3.8, 4) is 0 Å². The Bertz CT molecular complexity index is 333. The van der Waals surface area contributed by atoms with Crippen molar-refractivity contribution in [3.05, 3.63) is 0 Å². The Morgan fingerprint density at radius 1 is 1.20 bits per heavy atom. The first-order chi connectivity index (χ1) is 9.23. The van der Waals surface area contributed by atoms with Crippen LogP contribution < -0.4 is 10.6 Å². The second-order valence-electron chi connectivity index (χ2n) is 7.00. The van der Waals surface area contributed by atoms with E-state index in [1.165, 1.54) is 44.9 Å². The van der Waals surface area contributed by atoms with Gasteiger partial charge in [-0.25, -0.2) is 0 Å². The highest BCUT2D eigenvalue weighted by atomic mass is 35.5. The predicted molar refractivity (Wildman–Crippen MR) is 84.1 cm³/mol. The molecule has 2 N–H and O–H groups in total. The molecule has 0 radical (unpaired) electrons. The van der Waals surface area contributed by atoms with Crippen molar-refractivity contribution in [2.45, 2.75) is 64.3 Å². The fourth-order valence-electron chi connectivity index (χ4n) is 4.21. The van der Waals surface area contributed by atoms with Crippen LogP contribution in [-0.2, 0) is 4.79 Å². The fraction of sp³-hybridized carbons (Fsp3) is 0.938. The van der Waals surface area contributed by atoms with Crippen LogP contribution in [0.3, 0.4) is 0 Å². The van der Waals surface area contributed by atoms with Gasteiger partial charge in [0.05, 0.1) is 0 Å². The second-order valence-corrected chi connectivity index (χ2v) is 7.00. The number of carbonyl (C=O) groups is 1. The lowest BCUT2D eigenvalue weighted by atomic mass is 9.84. The summed E-state index contributed by atoms with van der Waals surface area (Å²) in [5, 5.41) is 6.74. The number of hydrogen-bond donors (Lipinski definition) is 2. The maximum atomic E-state index is 12.4. The van der Waals surface area contributed by atoms with Crippen LogP contribution in [0.2, 0.25) is 0 Å². The first kappa shape index (κ1) is 16.1. The summed E-state index contributed by atoms with van der Waals surface area (Å²) in [6.45, 7) is 4.49. The van der Waals surface area contributed by atoms with Crippen LogP contribution >= 0.6 is 12.4 Å². The van der Waals surface area contributed by atoms with E-state index in [9.17, 15) is 4.79 Å². The first-order valence-corrected chi connectivity index (χ1v) is 8.24. The van der Waals surface area contributed by atoms with Crippen LogP contribution in [0.5, 0.6) is 0 Å². The Morgan fingerprint density at radius 3 is 2.45 bits per heavy atom. The fourth-order valence-corrected chi connectivity index (χ4v) is 4.21. The Labute approximate surface area is 129 Å². The van der Waals surface area contributed by atoms with E-state index in [4.69, 9.17) is 0 Å². The minimum absolute atomic E-state index is 0. The molecule has 1 spiro atoms. The molecule has 2 saturated carbocycles. The van der Waals surface area contributed by atoms with Gasteiger partial charge >= 0.3 is 0 Å². The monoisotopic (exact) mass is 300 g/mol. The van der Waals surface area contributed by atoms with Crippen molar-refractivity contribution in [1.29, 1.82) is 0 Å². The molecule has 20 heavy (non-hydrogen) atoms. The van der Waals surface area contributed by atoms with Crippen LogP contribution in [0.15, 0.2) is 0 Å². The summed E-state index contributed by atoms with van der Waals surface area (Å²) in [5.74, 6) is 1.60. The quantitative estimate of drug-likeness (QED) is 0.841. The third kappa shape index (κ3) is 3.30. The Balaban J connectivity index is 0.00000147. The number of piperidine rings is 1. The normalized spacial score (nSPS) is 35.1. The SMILES string of the molecule is CCC1CCC(NC(=O)C2CC23CCNCC3)CC1.Cl. The summed E-state index contributed by atoms with van der Waals surface area (Å²) < 4.78 is 0. The zero-order chi connectivity index (χ0) is 13.3. The second kappa shape index (κ2) is 6.65. The van der Waals surface area contributed by atoms with Gasteiger partial charge in [-0.05, 0) is 69.4 Å². The molecule has 0 bridgehead atoms. The molecule has 3 rings (SSSR count). The van der Waals surface area contributed by atoms with Crippen LogP contribution in [0.4, 0.5) is 0 Å². The Hall–Kier alpha value is -0.280. The molecule has 1 saturated heterocycles. The zero-order valence-corrected chi connectivity index (χ0v) is 13.4. The van der Waals surface area contributed by atoms with E-state index < -0.39 is 0 Å². The van der Waals surface area contributed by atoms with Crippen molar-refractivity contribution in [1.82, 2.24) is 10.6 Å². The molecule has 0 aromatic carbocycles. The van der Waals surface area contributed by atoms with Gasteiger partial charge in [0.1, 0.15) is 0 Å². The lowest BCUT2D eigenvalue weighted by molar-refractivity contribution is -0.124. The highest BCUT2D eigenvalue weighted by Crippen LogP contribution is 2.58. The number of nitrogens with one attached hydrogen (secondary N) is 2. The number of halogens is 1. The van der Waals surface area contributed by atoms with E-state index in [2.05, 4.69) is 17.6 Å². The summed E-state index contributed by atoms with van der Waals surface area (Å²) in [6, 6.07) is 0.467. The van der Waals surface area contributed by atoms with Gasteiger partial charge in [-0.15, -0.1) is 12.4 Å². The third-order valence-corrected chi connectivity index (χ3v) is 5.88. The predicted octanol–water partition coefficient (Wildman–Crippen LogP) is 2.88. The molecular formula is C16H29ClN2O. The molecule has 3 nitrogen and oxygen atoms in total. The highest BCUT2D eigenvalue weighted by molar-refractivity contribution is 5.85. The molecule has 0 aromatic heterocycles. The summed E-state index contributed by atoms with van der Waals surface area (Å²) >= 11 is 0. The van der Waals surface area contributed by atoms with Crippen molar-refractivity contribution in [2.24, 2.45) is 17.3 Å². The minimum atomic E-state index is 0. The topological polar surface area (TPSA) is 41.1 Å². The molecule has 3 aliphatic rings. The van der Waals surface area contributed by atoms with Crippen molar-refractivity contribution < 1.29 is 4.79 Å². The molecule has 2 aliphatic carbocycles. The van der Waals surface area contributed by atoms with E-state index in [1.54, 1.807) is 0 Å². The molecule has 4 heteroatoms. The van der Waals surface area contributed by atoms with Gasteiger partial charge in [0.25, 0.3) is 0 Å². The van der Waals surface area contributed by atoms with Crippen LogP contribution in [0.1, 0.15) is 58.3 Å². The van der Waals surface area contributed by atoms with E-state index in [0.717, 1.165) is 25.4 Å². The molecule has 1 unspecified atom stereocenters. The maximum absolute atomic E-state index is 12.4. The van der Waals surface area contributed by atoms with Crippen molar-refractivity contribution >= 4 is 18.3 Å². The van der Waals surface area contributed by atoms with Crippen LogP contribution in [-0.4, -0.2) is 25.0 Å². The Morgan fingerprint density at radius 2 is 1.85 bits per heavy atom. The van der Waals surface area contributed by atoms with Crippen LogP contribution in [0.25, 0.3) is 0 Å². The van der Waals surface area contributed by atoms with E-state index >= 15 is 0 Å². The number of hydrogen-bond acceptors (Lipinski definition) is 2. The van der Waals surface area contributed by atoms with E-state index in [0.29, 0.717) is 23.3 Å². The van der Waals surface area contributed by atoms with Crippen molar-refractivity contribution in [3.63, 3.8) is 0 Å². The first-order valence-electron chi connectivity index (χ1n) is 8.24. The summed E-state index contributed by atoms with van der Waals surface area (Å²) in [5.41, 5.74) is 0.385. The lowest BCUT2D eigenvalue weighted by Crippen LogP contribution is -2.40. The smallest absolute Gasteiger partial charge is 0.223 e. The van der Waals surface area contributed by atoms with Gasteiger partial charge in [-0.2, -0.15) is 0 Å². The van der Waals surface area contributed by atoms with Gasteiger partial charge in [-0.3, -0.25) is 4.79 Å². The van der Waals surface area contributed by atoms with Crippen molar-refractivity contribution in [2.75, 3.05) is 13.1 Å². The average molecular weight is 301 g/mol. The largest absolute Gasteiger partial charge is 0.353 e. The molecule has 1 atom stereocenters. The van der Waals surface area contributed by atoms with Gasteiger partial charge in [0, 0.05) is 12.0 Å². The molecule has 3 fully saturated rings. The summed E-state index contributed by atoms with van der Waals surface area (Å²) in [4.78, 5) is 12.4. The molecular weight excluding hydrogens is 272 g/mol. The molecule has 1 aliphatic heterocycles. The van der Waals surface area contributed by atoms with Gasteiger partial charge in [0.15, 0.2) is 0 Å². The molecule has 0 aromatic rings. The maximum Gasteiger partial charge on any atom is 0.223 e. The summed E-state index contributed by atoms with van der Waals surface area (Å²) in [7, 11) is 0. The van der Waals surface area contributed by atoms with E-state index in [-0.39, 0.29) is 12.4 Å². The average Bonchev–Trinajstić information content (AvgIpc) is 3.14. The number of carbonyl (C=O) groups excluding carboxylic acids is 1. The Kier molecular flexibility index (Phi) is 5.36. The van der Waals surface area contributed by atoms with Crippen LogP contribution in [0, 0.1) is 17.3 Å². The summed E-state index contributed by atoms with van der Waals surface area (Å²) in [6.07, 6.45) is 9.87. The molecule has 1 amide bonds. The highest BCUT2D eigenvalue weighted by Gasteiger charge is 2.57. The molecule has 1 heterocycles. The lowest BCUT2D eigenvalue weighted by Gasteiger charge is -2.29. The van der Waals surface area contributed by atoms with Gasteiger partial charge < -0.3 is 10.6 Å². The zero-order valence-electron chi connectivity index (χ0n) is 12.6. The molecule has 116 valence electrons. The van der Waals surface area contributed by atoms with Gasteiger partial charge in [0.2, 0.25) is 5.91 Å². The third-order valence-electron chi connectivity index (χ3n) is 5.88. The standard InChI is InChI=1S/C16H28N2O.ClH/c1-2-12-3-5-13(6-4-12)18-15(19)14-11-16(14)7-9-17-10-8-16;/h12-14,17H,2-11H2,1H3,(H,18,19);1H. The number of amides is 1.